The number of fused-ring (bicyclic) bond motifs is 1. The maximum Gasteiger partial charge on any atom is 0.293 e. The highest BCUT2D eigenvalue weighted by atomic mass is 16.6. The Balaban J connectivity index is 2.60. The van der Waals surface area contributed by atoms with Gasteiger partial charge >= 0.3 is 0 Å². The summed E-state index contributed by atoms with van der Waals surface area (Å²) < 4.78 is 0. The summed E-state index contributed by atoms with van der Waals surface area (Å²) in [5.41, 5.74) is 0.488. The number of aromatic nitrogens is 2. The van der Waals surface area contributed by atoms with Crippen LogP contribution in [-0.2, 0) is 0 Å². The SMILES string of the molecule is CCCCN(C)c1cc2nc[nH]c(=O)c2cc1[N+](=O)[O-]. The van der Waals surface area contributed by atoms with Crippen LogP contribution in [0.5, 0.6) is 0 Å². The minimum Gasteiger partial charge on any atom is -0.369 e. The van der Waals surface area contributed by atoms with Crippen molar-refractivity contribution in [3.05, 3.63) is 38.9 Å². The second-order valence-corrected chi connectivity index (χ2v) is 4.62. The van der Waals surface area contributed by atoms with E-state index in [1.54, 1.807) is 13.1 Å². The molecule has 0 atom stereocenters. The molecule has 1 heterocycles. The average Bonchev–Trinajstić information content (AvgIpc) is 2.43. The lowest BCUT2D eigenvalue weighted by molar-refractivity contribution is -0.384. The number of unbranched alkanes of at least 4 members (excludes halogenated alkanes) is 1. The third kappa shape index (κ3) is 2.61. The van der Waals surface area contributed by atoms with Gasteiger partial charge in [-0.1, -0.05) is 13.3 Å². The molecule has 7 nitrogen and oxygen atoms in total. The Bertz CT molecular complexity index is 696. The molecule has 0 spiro atoms. The Morgan fingerprint density at radius 3 is 2.85 bits per heavy atom. The number of rotatable bonds is 5. The molecule has 0 radical (unpaired) electrons. The number of nitrogens with zero attached hydrogens (tertiary/aromatic N) is 3. The van der Waals surface area contributed by atoms with Crippen LogP contribution >= 0.6 is 0 Å². The van der Waals surface area contributed by atoms with E-state index in [2.05, 4.69) is 16.9 Å². The number of nitro benzene ring substituents is 1. The lowest BCUT2D eigenvalue weighted by Gasteiger charge is -2.19. The quantitative estimate of drug-likeness (QED) is 0.666. The van der Waals surface area contributed by atoms with Gasteiger partial charge in [0.25, 0.3) is 11.2 Å². The predicted octanol–water partition coefficient (Wildman–Crippen LogP) is 2.07. The molecule has 0 unspecified atom stereocenters. The van der Waals surface area contributed by atoms with Crippen molar-refractivity contribution in [1.82, 2.24) is 9.97 Å². The molecule has 0 amide bonds. The van der Waals surface area contributed by atoms with Crippen molar-refractivity contribution in [2.75, 3.05) is 18.5 Å². The van der Waals surface area contributed by atoms with Crippen LogP contribution in [0, 0.1) is 10.1 Å². The molecule has 0 fully saturated rings. The average molecular weight is 276 g/mol. The third-order valence-corrected chi connectivity index (χ3v) is 3.19. The Hall–Kier alpha value is -2.44. The van der Waals surface area contributed by atoms with Crippen LogP contribution < -0.4 is 10.5 Å². The largest absolute Gasteiger partial charge is 0.369 e. The van der Waals surface area contributed by atoms with Gasteiger partial charge in [-0.05, 0) is 12.5 Å². The van der Waals surface area contributed by atoms with Crippen LogP contribution in [0.25, 0.3) is 10.9 Å². The summed E-state index contributed by atoms with van der Waals surface area (Å²) in [7, 11) is 1.80. The minimum atomic E-state index is -0.469. The van der Waals surface area contributed by atoms with E-state index >= 15 is 0 Å². The van der Waals surface area contributed by atoms with E-state index in [0.717, 1.165) is 12.8 Å². The fourth-order valence-electron chi connectivity index (χ4n) is 2.06. The van der Waals surface area contributed by atoms with Crippen molar-refractivity contribution in [3.8, 4) is 0 Å². The molecule has 7 heteroatoms. The van der Waals surface area contributed by atoms with E-state index in [9.17, 15) is 14.9 Å². The molecule has 1 aromatic carbocycles. The molecule has 1 N–H and O–H groups in total. The molecule has 0 aliphatic heterocycles. The number of nitro groups is 1. The molecule has 0 saturated carbocycles. The number of H-pyrrole nitrogens is 1. The van der Waals surface area contributed by atoms with Gasteiger partial charge in [0.05, 0.1) is 22.2 Å². The van der Waals surface area contributed by atoms with Gasteiger partial charge in [-0.2, -0.15) is 0 Å². The van der Waals surface area contributed by atoms with Crippen molar-refractivity contribution >= 4 is 22.3 Å². The lowest BCUT2D eigenvalue weighted by Crippen LogP contribution is -2.20. The molecule has 0 bridgehead atoms. The smallest absolute Gasteiger partial charge is 0.293 e. The highest BCUT2D eigenvalue weighted by Crippen LogP contribution is 2.30. The van der Waals surface area contributed by atoms with Gasteiger partial charge < -0.3 is 9.88 Å². The summed E-state index contributed by atoms with van der Waals surface area (Å²) in [5.74, 6) is 0. The summed E-state index contributed by atoms with van der Waals surface area (Å²) >= 11 is 0. The van der Waals surface area contributed by atoms with Gasteiger partial charge in [0.15, 0.2) is 0 Å². The molecule has 2 rings (SSSR count). The monoisotopic (exact) mass is 276 g/mol. The van der Waals surface area contributed by atoms with Crippen LogP contribution in [0.4, 0.5) is 11.4 Å². The fourth-order valence-corrected chi connectivity index (χ4v) is 2.06. The van der Waals surface area contributed by atoms with Gasteiger partial charge in [0, 0.05) is 19.7 Å². The molecule has 0 aliphatic rings. The Morgan fingerprint density at radius 2 is 2.20 bits per heavy atom. The first kappa shape index (κ1) is 14.0. The second kappa shape index (κ2) is 5.68. The predicted molar refractivity (Wildman–Crippen MR) is 77.2 cm³/mol. The summed E-state index contributed by atoms with van der Waals surface area (Å²) in [6.45, 7) is 2.77. The van der Waals surface area contributed by atoms with Crippen LogP contribution in [0.3, 0.4) is 0 Å². The van der Waals surface area contributed by atoms with E-state index in [1.165, 1.54) is 12.4 Å². The topological polar surface area (TPSA) is 92.1 Å². The number of hydrogen-bond donors (Lipinski definition) is 1. The minimum absolute atomic E-state index is 0.0744. The van der Waals surface area contributed by atoms with E-state index in [4.69, 9.17) is 0 Å². The molecular formula is C13H16N4O3. The van der Waals surface area contributed by atoms with Gasteiger partial charge in [0.1, 0.15) is 5.69 Å². The van der Waals surface area contributed by atoms with Crippen molar-refractivity contribution in [3.63, 3.8) is 0 Å². The second-order valence-electron chi connectivity index (χ2n) is 4.62. The van der Waals surface area contributed by atoms with Crippen molar-refractivity contribution in [2.45, 2.75) is 19.8 Å². The summed E-state index contributed by atoms with van der Waals surface area (Å²) in [5, 5.41) is 11.4. The lowest BCUT2D eigenvalue weighted by atomic mass is 10.1. The summed E-state index contributed by atoms with van der Waals surface area (Å²) in [6, 6.07) is 2.89. The zero-order valence-corrected chi connectivity index (χ0v) is 11.4. The van der Waals surface area contributed by atoms with Crippen LogP contribution in [0.1, 0.15) is 19.8 Å². The molecule has 1 aromatic heterocycles. The van der Waals surface area contributed by atoms with E-state index in [1.807, 2.05) is 4.90 Å². The number of anilines is 1. The van der Waals surface area contributed by atoms with Crippen LogP contribution in [0.2, 0.25) is 0 Å². The Kier molecular flexibility index (Phi) is 3.97. The van der Waals surface area contributed by atoms with Gasteiger partial charge in [0.2, 0.25) is 0 Å². The standard InChI is InChI=1S/C13H16N4O3/c1-3-4-5-16(2)11-7-10-9(6-12(11)17(19)20)13(18)15-8-14-10/h6-8H,3-5H2,1-2H3,(H,14,15,18). The van der Waals surface area contributed by atoms with Gasteiger partial charge in [-0.3, -0.25) is 14.9 Å². The van der Waals surface area contributed by atoms with E-state index < -0.39 is 4.92 Å². The summed E-state index contributed by atoms with van der Waals surface area (Å²) in [6.07, 6.45) is 3.24. The van der Waals surface area contributed by atoms with Crippen molar-refractivity contribution in [1.29, 1.82) is 0 Å². The number of nitrogens with one attached hydrogen (secondary N) is 1. The zero-order valence-electron chi connectivity index (χ0n) is 11.4. The van der Waals surface area contributed by atoms with Crippen molar-refractivity contribution < 1.29 is 4.92 Å². The highest BCUT2D eigenvalue weighted by Gasteiger charge is 2.19. The molecular weight excluding hydrogens is 260 g/mol. The summed E-state index contributed by atoms with van der Waals surface area (Å²) in [4.78, 5) is 30.7. The highest BCUT2D eigenvalue weighted by molar-refractivity contribution is 5.86. The Morgan fingerprint density at radius 1 is 1.45 bits per heavy atom. The Labute approximate surface area is 115 Å². The molecule has 20 heavy (non-hydrogen) atoms. The molecule has 0 saturated heterocycles. The van der Waals surface area contributed by atoms with Gasteiger partial charge in [-0.25, -0.2) is 4.98 Å². The van der Waals surface area contributed by atoms with Gasteiger partial charge in [-0.15, -0.1) is 0 Å². The third-order valence-electron chi connectivity index (χ3n) is 3.19. The van der Waals surface area contributed by atoms with Crippen molar-refractivity contribution in [2.24, 2.45) is 0 Å². The number of aromatic amines is 1. The van der Waals surface area contributed by atoms with Crippen LogP contribution in [-0.4, -0.2) is 28.5 Å². The fraction of sp³-hybridized carbons (Fsp3) is 0.385. The molecule has 0 aliphatic carbocycles. The first-order valence-electron chi connectivity index (χ1n) is 6.41. The maximum atomic E-state index is 11.7. The molecule has 2 aromatic rings. The zero-order chi connectivity index (χ0) is 14.7. The van der Waals surface area contributed by atoms with E-state index in [-0.39, 0.29) is 16.6 Å². The first-order chi connectivity index (χ1) is 9.54. The van der Waals surface area contributed by atoms with E-state index in [0.29, 0.717) is 17.7 Å². The first-order valence-corrected chi connectivity index (χ1v) is 6.41. The maximum absolute atomic E-state index is 11.7. The normalized spacial score (nSPS) is 10.7. The number of hydrogen-bond acceptors (Lipinski definition) is 5. The number of benzene rings is 1. The van der Waals surface area contributed by atoms with Crippen LogP contribution in [0.15, 0.2) is 23.3 Å². The molecule has 106 valence electrons.